The quantitative estimate of drug-likeness (QED) is 0.520. The van der Waals surface area contributed by atoms with Crippen molar-refractivity contribution in [1.82, 2.24) is 14.9 Å². The highest BCUT2D eigenvalue weighted by molar-refractivity contribution is 7.89. The van der Waals surface area contributed by atoms with E-state index in [1.807, 2.05) is 13.8 Å². The zero-order valence-electron chi connectivity index (χ0n) is 19.9. The van der Waals surface area contributed by atoms with Gasteiger partial charge in [-0.05, 0) is 75.2 Å². The Labute approximate surface area is 198 Å². The molecule has 8 heteroatoms. The first kappa shape index (κ1) is 25.2. The van der Waals surface area contributed by atoms with Crippen molar-refractivity contribution < 1.29 is 13.2 Å². The fraction of sp³-hybridized carbons (Fsp3) is 0.480. The first-order valence-corrected chi connectivity index (χ1v) is 13.2. The van der Waals surface area contributed by atoms with E-state index < -0.39 is 10.0 Å². The SMILES string of the molecule is CCC(C)NS(=O)(=O)c1ccc(C(=O)NCCCN2CCN(c3cccc(C)c3)CC2)cc1. The second-order valence-corrected chi connectivity index (χ2v) is 10.4. The van der Waals surface area contributed by atoms with Crippen molar-refractivity contribution in [1.29, 1.82) is 0 Å². The van der Waals surface area contributed by atoms with Crippen LogP contribution in [0.2, 0.25) is 0 Å². The predicted molar refractivity (Wildman–Crippen MR) is 133 cm³/mol. The highest BCUT2D eigenvalue weighted by atomic mass is 32.2. The average molecular weight is 473 g/mol. The molecule has 1 aliphatic heterocycles. The van der Waals surface area contributed by atoms with E-state index in [0.717, 1.165) is 39.1 Å². The zero-order valence-corrected chi connectivity index (χ0v) is 20.7. The molecule has 1 aliphatic rings. The van der Waals surface area contributed by atoms with E-state index >= 15 is 0 Å². The van der Waals surface area contributed by atoms with Gasteiger partial charge in [0.2, 0.25) is 10.0 Å². The average Bonchev–Trinajstić information content (AvgIpc) is 2.82. The lowest BCUT2D eigenvalue weighted by Crippen LogP contribution is -2.47. The summed E-state index contributed by atoms with van der Waals surface area (Å²) >= 11 is 0. The third-order valence-corrected chi connectivity index (χ3v) is 7.68. The molecular weight excluding hydrogens is 436 g/mol. The van der Waals surface area contributed by atoms with Crippen LogP contribution in [-0.2, 0) is 10.0 Å². The van der Waals surface area contributed by atoms with Gasteiger partial charge < -0.3 is 10.2 Å². The van der Waals surface area contributed by atoms with Crippen LogP contribution in [0.25, 0.3) is 0 Å². The highest BCUT2D eigenvalue weighted by Crippen LogP contribution is 2.18. The van der Waals surface area contributed by atoms with Crippen molar-refractivity contribution in [3.63, 3.8) is 0 Å². The van der Waals surface area contributed by atoms with E-state index in [1.54, 1.807) is 12.1 Å². The van der Waals surface area contributed by atoms with Gasteiger partial charge in [0.05, 0.1) is 4.90 Å². The van der Waals surface area contributed by atoms with Gasteiger partial charge in [0.1, 0.15) is 0 Å². The second-order valence-electron chi connectivity index (χ2n) is 8.73. The summed E-state index contributed by atoms with van der Waals surface area (Å²) in [5, 5.41) is 2.94. The van der Waals surface area contributed by atoms with Crippen molar-refractivity contribution in [2.45, 2.75) is 44.6 Å². The van der Waals surface area contributed by atoms with Crippen LogP contribution < -0.4 is 14.9 Å². The van der Waals surface area contributed by atoms with Crippen LogP contribution in [-0.4, -0.2) is 64.5 Å². The maximum Gasteiger partial charge on any atom is 0.251 e. The number of nitrogens with one attached hydrogen (secondary N) is 2. The number of amides is 1. The summed E-state index contributed by atoms with van der Waals surface area (Å²) in [5.74, 6) is -0.182. The maximum absolute atomic E-state index is 12.4. The highest BCUT2D eigenvalue weighted by Gasteiger charge is 2.18. The number of carbonyl (C=O) groups is 1. The van der Waals surface area contributed by atoms with Crippen molar-refractivity contribution >= 4 is 21.6 Å². The Kier molecular flexibility index (Phi) is 8.88. The molecule has 3 rings (SSSR count). The molecule has 180 valence electrons. The fourth-order valence-corrected chi connectivity index (χ4v) is 5.19. The Morgan fingerprint density at radius 3 is 2.39 bits per heavy atom. The van der Waals surface area contributed by atoms with Gasteiger partial charge in [-0.15, -0.1) is 0 Å². The molecule has 1 atom stereocenters. The number of piperazine rings is 1. The third-order valence-electron chi connectivity index (χ3n) is 6.07. The molecular formula is C25H36N4O3S. The zero-order chi connectivity index (χ0) is 23.8. The lowest BCUT2D eigenvalue weighted by molar-refractivity contribution is 0.0951. The predicted octanol–water partition coefficient (Wildman–Crippen LogP) is 3.01. The van der Waals surface area contributed by atoms with Crippen molar-refractivity contribution in [3.05, 3.63) is 59.7 Å². The van der Waals surface area contributed by atoms with E-state index in [1.165, 1.54) is 23.4 Å². The number of rotatable bonds is 10. The summed E-state index contributed by atoms with van der Waals surface area (Å²) in [6.07, 6.45) is 1.59. The van der Waals surface area contributed by atoms with E-state index in [0.29, 0.717) is 18.5 Å². The lowest BCUT2D eigenvalue weighted by Gasteiger charge is -2.36. The number of anilines is 1. The standard InChI is InChI=1S/C25H36N4O3S/c1-4-21(3)27-33(31,32)24-11-9-22(10-12-24)25(30)26-13-6-14-28-15-17-29(18-16-28)23-8-5-7-20(2)19-23/h5,7-12,19,21,27H,4,6,13-18H2,1-3H3,(H,26,30). The molecule has 1 amide bonds. The summed E-state index contributed by atoms with van der Waals surface area (Å²) in [5.41, 5.74) is 3.03. The molecule has 1 saturated heterocycles. The van der Waals surface area contributed by atoms with Gasteiger partial charge in [0.15, 0.2) is 0 Å². The summed E-state index contributed by atoms with van der Waals surface area (Å²) in [6.45, 7) is 11.5. The molecule has 2 aromatic rings. The smallest absolute Gasteiger partial charge is 0.251 e. The van der Waals surface area contributed by atoms with Crippen molar-refractivity contribution in [3.8, 4) is 0 Å². The van der Waals surface area contributed by atoms with Crippen LogP contribution in [0.15, 0.2) is 53.4 Å². The molecule has 2 aromatic carbocycles. The van der Waals surface area contributed by atoms with Crippen LogP contribution in [0, 0.1) is 6.92 Å². The fourth-order valence-electron chi connectivity index (χ4n) is 3.86. The first-order chi connectivity index (χ1) is 15.8. The Morgan fingerprint density at radius 1 is 1.06 bits per heavy atom. The normalized spacial score (nSPS) is 15.9. The Morgan fingerprint density at radius 2 is 1.76 bits per heavy atom. The van der Waals surface area contributed by atoms with E-state index in [2.05, 4.69) is 51.0 Å². The van der Waals surface area contributed by atoms with Gasteiger partial charge in [0, 0.05) is 50.0 Å². The van der Waals surface area contributed by atoms with Gasteiger partial charge >= 0.3 is 0 Å². The Bertz CT molecular complexity index is 1020. The van der Waals surface area contributed by atoms with Crippen LogP contribution >= 0.6 is 0 Å². The number of hydrogen-bond acceptors (Lipinski definition) is 5. The molecule has 1 fully saturated rings. The van der Waals surface area contributed by atoms with Crippen LogP contribution in [0.1, 0.15) is 42.6 Å². The Balaban J connectivity index is 1.38. The lowest BCUT2D eigenvalue weighted by atomic mass is 10.2. The molecule has 0 saturated carbocycles. The molecule has 0 bridgehead atoms. The third kappa shape index (κ3) is 7.28. The van der Waals surface area contributed by atoms with E-state index in [9.17, 15) is 13.2 Å². The van der Waals surface area contributed by atoms with Gasteiger partial charge in [-0.1, -0.05) is 19.1 Å². The number of benzene rings is 2. The minimum absolute atomic E-state index is 0.136. The minimum atomic E-state index is -3.56. The Hall–Kier alpha value is -2.42. The van der Waals surface area contributed by atoms with E-state index in [-0.39, 0.29) is 16.8 Å². The van der Waals surface area contributed by atoms with Crippen LogP contribution in [0.5, 0.6) is 0 Å². The van der Waals surface area contributed by atoms with E-state index in [4.69, 9.17) is 0 Å². The number of hydrogen-bond donors (Lipinski definition) is 2. The molecule has 0 aliphatic carbocycles. The van der Waals surface area contributed by atoms with Crippen molar-refractivity contribution in [2.75, 3.05) is 44.2 Å². The second kappa shape index (κ2) is 11.6. The number of carbonyl (C=O) groups excluding carboxylic acids is 1. The van der Waals surface area contributed by atoms with Gasteiger partial charge in [-0.3, -0.25) is 9.69 Å². The monoisotopic (exact) mass is 472 g/mol. The molecule has 1 unspecified atom stereocenters. The maximum atomic E-state index is 12.4. The summed E-state index contributed by atoms with van der Waals surface area (Å²) in [6, 6.07) is 14.6. The largest absolute Gasteiger partial charge is 0.369 e. The topological polar surface area (TPSA) is 81.7 Å². The number of sulfonamides is 1. The van der Waals surface area contributed by atoms with Gasteiger partial charge in [0.25, 0.3) is 5.91 Å². The van der Waals surface area contributed by atoms with Crippen LogP contribution in [0.3, 0.4) is 0 Å². The molecule has 33 heavy (non-hydrogen) atoms. The molecule has 2 N–H and O–H groups in total. The summed E-state index contributed by atoms with van der Waals surface area (Å²) < 4.78 is 27.3. The molecule has 0 radical (unpaired) electrons. The first-order valence-electron chi connectivity index (χ1n) is 11.7. The van der Waals surface area contributed by atoms with Gasteiger partial charge in [-0.2, -0.15) is 0 Å². The number of nitrogens with zero attached hydrogens (tertiary/aromatic N) is 2. The summed E-state index contributed by atoms with van der Waals surface area (Å²) in [4.78, 5) is 17.4. The minimum Gasteiger partial charge on any atom is -0.369 e. The molecule has 0 aromatic heterocycles. The van der Waals surface area contributed by atoms with Gasteiger partial charge in [-0.25, -0.2) is 13.1 Å². The van der Waals surface area contributed by atoms with Crippen molar-refractivity contribution in [2.24, 2.45) is 0 Å². The summed E-state index contributed by atoms with van der Waals surface area (Å²) in [7, 11) is -3.56. The number of aryl methyl sites for hydroxylation is 1. The molecule has 0 spiro atoms. The molecule has 7 nitrogen and oxygen atoms in total. The molecule has 1 heterocycles. The van der Waals surface area contributed by atoms with Crippen LogP contribution in [0.4, 0.5) is 5.69 Å².